The number of ketones is 1. The molecule has 1 heterocycles. The minimum absolute atomic E-state index is 0.0419. The number of allylic oxidation sites excluding steroid dienone is 1. The lowest BCUT2D eigenvalue weighted by Gasteiger charge is -2.33. The molecule has 0 bridgehead atoms. The number of methoxy groups -OCH3 is 2. The van der Waals surface area contributed by atoms with E-state index in [1.807, 2.05) is 24.3 Å². The van der Waals surface area contributed by atoms with E-state index in [1.54, 1.807) is 38.5 Å². The highest BCUT2D eigenvalue weighted by molar-refractivity contribution is 6.09. The lowest BCUT2D eigenvalue weighted by Crippen LogP contribution is -2.43. The highest BCUT2D eigenvalue weighted by Crippen LogP contribution is 2.39. The van der Waals surface area contributed by atoms with Crippen LogP contribution in [0, 0.1) is 5.92 Å². The van der Waals surface area contributed by atoms with Crippen molar-refractivity contribution in [3.8, 4) is 11.5 Å². The van der Waals surface area contributed by atoms with Crippen molar-refractivity contribution in [2.75, 3.05) is 19.5 Å². The van der Waals surface area contributed by atoms with Gasteiger partial charge in [0.05, 0.1) is 20.1 Å². The van der Waals surface area contributed by atoms with Gasteiger partial charge in [-0.1, -0.05) is 12.1 Å². The maximum Gasteiger partial charge on any atom is 0.232 e. The van der Waals surface area contributed by atoms with Crippen molar-refractivity contribution in [3.63, 3.8) is 0 Å². The quantitative estimate of drug-likeness (QED) is 0.775. The molecule has 0 radical (unpaired) electrons. The normalized spacial score (nSPS) is 20.6. The van der Waals surface area contributed by atoms with Gasteiger partial charge >= 0.3 is 0 Å². The first kappa shape index (κ1) is 20.7. The van der Waals surface area contributed by atoms with Gasteiger partial charge in [-0.15, -0.1) is 0 Å². The van der Waals surface area contributed by atoms with Gasteiger partial charge in [-0.3, -0.25) is 14.4 Å². The first-order chi connectivity index (χ1) is 15.0. The van der Waals surface area contributed by atoms with Gasteiger partial charge in [0.25, 0.3) is 0 Å². The molecular formula is C24H24N2O5. The number of carbonyl (C=O) groups is 3. The van der Waals surface area contributed by atoms with Crippen LogP contribution in [0.15, 0.2) is 59.8 Å². The number of Topliss-reactive ketones (excluding diaryl/α,β-unsaturated/α-hetero) is 1. The monoisotopic (exact) mass is 420 g/mol. The van der Waals surface area contributed by atoms with Crippen LogP contribution in [0.5, 0.6) is 11.5 Å². The van der Waals surface area contributed by atoms with Crippen molar-refractivity contribution in [3.05, 3.63) is 65.4 Å². The van der Waals surface area contributed by atoms with E-state index in [-0.39, 0.29) is 29.9 Å². The molecule has 0 unspecified atom stereocenters. The van der Waals surface area contributed by atoms with Crippen LogP contribution in [0.2, 0.25) is 0 Å². The van der Waals surface area contributed by atoms with Gasteiger partial charge in [0, 0.05) is 29.8 Å². The third-order valence-corrected chi connectivity index (χ3v) is 5.80. The summed E-state index contributed by atoms with van der Waals surface area (Å²) < 4.78 is 10.3. The fourth-order valence-corrected chi connectivity index (χ4v) is 4.20. The molecule has 2 aromatic carbocycles. The molecule has 4 rings (SSSR count). The van der Waals surface area contributed by atoms with E-state index in [9.17, 15) is 14.4 Å². The average molecular weight is 420 g/mol. The van der Waals surface area contributed by atoms with Crippen LogP contribution in [-0.2, 0) is 14.4 Å². The summed E-state index contributed by atoms with van der Waals surface area (Å²) >= 11 is 0. The number of anilines is 1. The maximum atomic E-state index is 13.1. The Morgan fingerprint density at radius 1 is 0.903 bits per heavy atom. The summed E-state index contributed by atoms with van der Waals surface area (Å²) in [6.45, 7) is 0. The topological polar surface area (TPSA) is 93.7 Å². The van der Waals surface area contributed by atoms with Crippen LogP contribution in [0.25, 0.3) is 0 Å². The third kappa shape index (κ3) is 4.30. The zero-order valence-electron chi connectivity index (χ0n) is 17.4. The Hall–Kier alpha value is -3.61. The molecule has 0 saturated heterocycles. The Labute approximate surface area is 180 Å². The van der Waals surface area contributed by atoms with E-state index in [1.165, 1.54) is 0 Å². The van der Waals surface area contributed by atoms with Gasteiger partial charge in [-0.25, -0.2) is 0 Å². The SMILES string of the molecule is COc1ccc(NC(=O)[C@H]2CC(=O)NC3=C2C(=O)C[C@@H](c2ccc(OC)cc2)C3)cc1. The number of hydrogen-bond donors (Lipinski definition) is 2. The van der Waals surface area contributed by atoms with Crippen molar-refractivity contribution < 1.29 is 23.9 Å². The lowest BCUT2D eigenvalue weighted by atomic mass is 9.75. The molecule has 0 spiro atoms. The molecule has 2 N–H and O–H groups in total. The Balaban J connectivity index is 1.56. The molecule has 2 aliphatic rings. The predicted octanol–water partition coefficient (Wildman–Crippen LogP) is 3.18. The van der Waals surface area contributed by atoms with Gasteiger partial charge in [0.2, 0.25) is 11.8 Å². The second-order valence-electron chi connectivity index (χ2n) is 7.72. The predicted molar refractivity (Wildman–Crippen MR) is 115 cm³/mol. The van der Waals surface area contributed by atoms with Crippen molar-refractivity contribution in [1.82, 2.24) is 5.32 Å². The number of nitrogens with one attached hydrogen (secondary N) is 2. The molecule has 0 saturated carbocycles. The summed E-state index contributed by atoms with van der Waals surface area (Å²) in [4.78, 5) is 38.4. The van der Waals surface area contributed by atoms with E-state index in [4.69, 9.17) is 9.47 Å². The zero-order valence-corrected chi connectivity index (χ0v) is 17.4. The molecule has 0 fully saturated rings. The molecular weight excluding hydrogens is 396 g/mol. The van der Waals surface area contributed by atoms with Gasteiger partial charge in [0.1, 0.15) is 11.5 Å². The zero-order chi connectivity index (χ0) is 22.0. The van der Waals surface area contributed by atoms with E-state index in [0.717, 1.165) is 11.3 Å². The average Bonchev–Trinajstić information content (AvgIpc) is 2.78. The van der Waals surface area contributed by atoms with Crippen LogP contribution in [0.4, 0.5) is 5.69 Å². The second kappa shape index (κ2) is 8.63. The van der Waals surface area contributed by atoms with Crippen LogP contribution in [0.3, 0.4) is 0 Å². The van der Waals surface area contributed by atoms with E-state index in [2.05, 4.69) is 10.6 Å². The van der Waals surface area contributed by atoms with Gasteiger partial charge in [-0.05, 0) is 54.3 Å². The van der Waals surface area contributed by atoms with Crippen LogP contribution < -0.4 is 20.1 Å². The fraction of sp³-hybridized carbons (Fsp3) is 0.292. The first-order valence-corrected chi connectivity index (χ1v) is 10.1. The molecule has 2 atom stereocenters. The smallest absolute Gasteiger partial charge is 0.232 e. The molecule has 31 heavy (non-hydrogen) atoms. The standard InChI is InChI=1S/C24H24N2O5/c1-30-17-7-3-14(4-8-17)15-11-20-23(21(27)12-15)19(13-22(28)26-20)24(29)25-16-5-9-18(31-2)10-6-16/h3-10,15,19H,11-13H2,1-2H3,(H,25,29)(H,26,28)/t15-,19-/m0/s1. The van der Waals surface area contributed by atoms with E-state index >= 15 is 0 Å². The van der Waals surface area contributed by atoms with Crippen LogP contribution in [-0.4, -0.2) is 31.8 Å². The Morgan fingerprint density at radius 3 is 2.13 bits per heavy atom. The molecule has 1 aliphatic carbocycles. The summed E-state index contributed by atoms with van der Waals surface area (Å²) in [6.07, 6.45) is 0.762. The van der Waals surface area contributed by atoms with Crippen molar-refractivity contribution in [2.24, 2.45) is 5.92 Å². The van der Waals surface area contributed by atoms with Crippen LogP contribution in [0.1, 0.15) is 30.7 Å². The van der Waals surface area contributed by atoms with Gasteiger partial charge in [-0.2, -0.15) is 0 Å². The van der Waals surface area contributed by atoms with Gasteiger partial charge in [0.15, 0.2) is 5.78 Å². The molecule has 7 heteroatoms. The van der Waals surface area contributed by atoms with Crippen molar-refractivity contribution >= 4 is 23.3 Å². The maximum absolute atomic E-state index is 13.1. The van der Waals surface area contributed by atoms with Crippen molar-refractivity contribution in [2.45, 2.75) is 25.2 Å². The summed E-state index contributed by atoms with van der Waals surface area (Å²) in [5, 5.41) is 5.65. The Bertz CT molecular complexity index is 1040. The molecule has 1 aliphatic heterocycles. The first-order valence-electron chi connectivity index (χ1n) is 10.1. The number of hydrogen-bond acceptors (Lipinski definition) is 5. The van der Waals surface area contributed by atoms with E-state index < -0.39 is 5.92 Å². The highest BCUT2D eigenvalue weighted by atomic mass is 16.5. The summed E-state index contributed by atoms with van der Waals surface area (Å²) in [7, 11) is 3.17. The largest absolute Gasteiger partial charge is 0.497 e. The summed E-state index contributed by atoms with van der Waals surface area (Å²) in [5.74, 6) is -0.146. The van der Waals surface area contributed by atoms with Crippen molar-refractivity contribution in [1.29, 1.82) is 0 Å². The minimum atomic E-state index is -0.796. The molecule has 0 aromatic heterocycles. The number of rotatable bonds is 5. The number of benzene rings is 2. The Kier molecular flexibility index (Phi) is 5.75. The lowest BCUT2D eigenvalue weighted by molar-refractivity contribution is -0.129. The molecule has 2 aromatic rings. The molecule has 160 valence electrons. The molecule has 7 nitrogen and oxygen atoms in total. The summed E-state index contributed by atoms with van der Waals surface area (Å²) in [5.41, 5.74) is 2.57. The fourth-order valence-electron chi connectivity index (χ4n) is 4.20. The number of ether oxygens (including phenoxy) is 2. The number of carbonyl (C=O) groups excluding carboxylic acids is 3. The molecule has 2 amide bonds. The Morgan fingerprint density at radius 2 is 1.52 bits per heavy atom. The van der Waals surface area contributed by atoms with Crippen LogP contribution >= 0.6 is 0 Å². The highest BCUT2D eigenvalue weighted by Gasteiger charge is 2.40. The van der Waals surface area contributed by atoms with Gasteiger partial charge < -0.3 is 20.1 Å². The van der Waals surface area contributed by atoms with E-state index in [0.29, 0.717) is 35.5 Å². The summed E-state index contributed by atoms with van der Waals surface area (Å²) in [6, 6.07) is 14.5. The second-order valence-corrected chi connectivity index (χ2v) is 7.72. The minimum Gasteiger partial charge on any atom is -0.497 e. The third-order valence-electron chi connectivity index (χ3n) is 5.80. The number of amides is 2.